The number of hydrogen-bond acceptors (Lipinski definition) is 2. The maximum Gasteiger partial charge on any atom is 0.356 e. The maximum absolute atomic E-state index is 11.2. The van der Waals surface area contributed by atoms with E-state index in [9.17, 15) is 4.79 Å². The third-order valence-electron chi connectivity index (χ3n) is 3.19. The summed E-state index contributed by atoms with van der Waals surface area (Å²) in [6.45, 7) is 0. The van der Waals surface area contributed by atoms with E-state index in [1.165, 1.54) is 0 Å². The molecule has 1 heterocycles. The Morgan fingerprint density at radius 3 is 2.94 bits per heavy atom. The fourth-order valence-electron chi connectivity index (χ4n) is 2.43. The molecule has 0 aliphatic heterocycles. The fourth-order valence-corrected chi connectivity index (χ4v) is 2.62. The number of aromatic carboxylic acids is 1. The largest absolute Gasteiger partial charge is 0.476 e. The van der Waals surface area contributed by atoms with Crippen molar-refractivity contribution in [3.8, 4) is 5.69 Å². The van der Waals surface area contributed by atoms with Gasteiger partial charge in [-0.05, 0) is 37.5 Å². The van der Waals surface area contributed by atoms with E-state index in [1.807, 2.05) is 12.1 Å². The predicted molar refractivity (Wildman–Crippen MR) is 67.6 cm³/mol. The number of halogens is 1. The molecule has 0 spiro atoms. The summed E-state index contributed by atoms with van der Waals surface area (Å²) in [6.07, 6.45) is 2.63. The van der Waals surface area contributed by atoms with Crippen molar-refractivity contribution in [2.75, 3.05) is 0 Å². The second-order valence-electron chi connectivity index (χ2n) is 4.32. The number of carboxylic acid groups (broad SMARTS) is 1. The summed E-state index contributed by atoms with van der Waals surface area (Å²) in [4.78, 5) is 11.2. The predicted octanol–water partition coefficient (Wildman–Crippen LogP) is 2.71. The summed E-state index contributed by atoms with van der Waals surface area (Å²) in [5.41, 5.74) is 2.84. The van der Waals surface area contributed by atoms with E-state index in [4.69, 9.17) is 16.7 Å². The molecule has 5 heteroatoms. The van der Waals surface area contributed by atoms with Crippen LogP contribution in [0.3, 0.4) is 0 Å². The second-order valence-corrected chi connectivity index (χ2v) is 4.76. The number of fused-ring (bicyclic) bond motifs is 1. The number of benzene rings is 1. The second kappa shape index (κ2) is 4.14. The highest BCUT2D eigenvalue weighted by Crippen LogP contribution is 2.28. The molecule has 2 aromatic rings. The number of rotatable bonds is 2. The van der Waals surface area contributed by atoms with E-state index in [2.05, 4.69) is 5.10 Å². The molecular weight excluding hydrogens is 252 g/mol. The number of carboxylic acids is 1. The minimum absolute atomic E-state index is 0.169. The van der Waals surface area contributed by atoms with E-state index < -0.39 is 5.97 Å². The molecule has 0 atom stereocenters. The van der Waals surface area contributed by atoms with Gasteiger partial charge in [0, 0.05) is 16.3 Å². The highest BCUT2D eigenvalue weighted by molar-refractivity contribution is 6.30. The molecule has 1 aromatic carbocycles. The first kappa shape index (κ1) is 11.3. The van der Waals surface area contributed by atoms with Crippen molar-refractivity contribution in [2.45, 2.75) is 19.3 Å². The fraction of sp³-hybridized carbons (Fsp3) is 0.231. The van der Waals surface area contributed by atoms with Crippen LogP contribution in [0.1, 0.15) is 28.2 Å². The zero-order valence-corrected chi connectivity index (χ0v) is 10.3. The van der Waals surface area contributed by atoms with Crippen molar-refractivity contribution in [3.63, 3.8) is 0 Å². The quantitative estimate of drug-likeness (QED) is 0.905. The van der Waals surface area contributed by atoms with Crippen LogP contribution in [0.4, 0.5) is 0 Å². The molecule has 0 amide bonds. The molecule has 1 aliphatic carbocycles. The van der Waals surface area contributed by atoms with Crippen molar-refractivity contribution >= 4 is 17.6 Å². The van der Waals surface area contributed by atoms with Gasteiger partial charge in [0.2, 0.25) is 0 Å². The molecule has 0 bridgehead atoms. The Balaban J connectivity index is 2.19. The molecule has 0 fully saturated rings. The highest BCUT2D eigenvalue weighted by Gasteiger charge is 2.26. The standard InChI is InChI=1S/C13H11ClN2O2/c14-8-3-1-4-9(7-8)16-11-6-2-5-10(11)12(15-16)13(17)18/h1,3-4,7H,2,5-6H2,(H,17,18). The van der Waals surface area contributed by atoms with Crippen molar-refractivity contribution < 1.29 is 9.90 Å². The van der Waals surface area contributed by atoms with Crippen molar-refractivity contribution in [1.29, 1.82) is 0 Å². The summed E-state index contributed by atoms with van der Waals surface area (Å²) in [6, 6.07) is 7.29. The van der Waals surface area contributed by atoms with Crippen LogP contribution in [0.15, 0.2) is 24.3 Å². The molecule has 1 N–H and O–H groups in total. The van der Waals surface area contributed by atoms with Gasteiger partial charge in [0.05, 0.1) is 5.69 Å². The Labute approximate surface area is 109 Å². The van der Waals surface area contributed by atoms with E-state index in [1.54, 1.807) is 16.8 Å². The molecule has 3 rings (SSSR count). The van der Waals surface area contributed by atoms with Gasteiger partial charge in [0.25, 0.3) is 0 Å². The summed E-state index contributed by atoms with van der Waals surface area (Å²) < 4.78 is 1.71. The first-order valence-corrected chi connectivity index (χ1v) is 6.14. The van der Waals surface area contributed by atoms with Crippen LogP contribution in [-0.4, -0.2) is 20.9 Å². The Morgan fingerprint density at radius 1 is 1.39 bits per heavy atom. The van der Waals surface area contributed by atoms with Gasteiger partial charge in [-0.3, -0.25) is 0 Å². The van der Waals surface area contributed by atoms with Gasteiger partial charge in [0.15, 0.2) is 5.69 Å². The van der Waals surface area contributed by atoms with Crippen molar-refractivity contribution in [1.82, 2.24) is 9.78 Å². The first-order chi connectivity index (χ1) is 8.66. The normalized spacial score (nSPS) is 13.6. The third-order valence-corrected chi connectivity index (χ3v) is 3.42. The van der Waals surface area contributed by atoms with E-state index >= 15 is 0 Å². The molecule has 0 saturated carbocycles. The van der Waals surface area contributed by atoms with Gasteiger partial charge in [-0.1, -0.05) is 17.7 Å². The van der Waals surface area contributed by atoms with Gasteiger partial charge in [-0.25, -0.2) is 9.48 Å². The van der Waals surface area contributed by atoms with E-state index in [0.29, 0.717) is 5.02 Å². The lowest BCUT2D eigenvalue weighted by Gasteiger charge is -2.05. The van der Waals surface area contributed by atoms with Gasteiger partial charge < -0.3 is 5.11 Å². The van der Waals surface area contributed by atoms with Gasteiger partial charge in [-0.15, -0.1) is 0 Å². The molecule has 1 aliphatic rings. The summed E-state index contributed by atoms with van der Waals surface area (Å²) in [7, 11) is 0. The van der Waals surface area contributed by atoms with Crippen LogP contribution in [0.2, 0.25) is 5.02 Å². The SMILES string of the molecule is O=C(O)c1nn(-c2cccc(Cl)c2)c2c1CCC2. The molecule has 18 heavy (non-hydrogen) atoms. The van der Waals surface area contributed by atoms with Crippen LogP contribution in [0, 0.1) is 0 Å². The molecule has 0 unspecified atom stereocenters. The van der Waals surface area contributed by atoms with Gasteiger partial charge in [0.1, 0.15) is 0 Å². The Bertz CT molecular complexity index is 634. The first-order valence-electron chi connectivity index (χ1n) is 5.77. The number of carbonyl (C=O) groups is 1. The lowest BCUT2D eigenvalue weighted by atomic mass is 10.2. The molecule has 92 valence electrons. The minimum Gasteiger partial charge on any atom is -0.476 e. The average molecular weight is 263 g/mol. The van der Waals surface area contributed by atoms with Crippen LogP contribution in [0.25, 0.3) is 5.69 Å². The van der Waals surface area contributed by atoms with Crippen molar-refractivity contribution in [3.05, 3.63) is 46.2 Å². The minimum atomic E-state index is -0.964. The van der Waals surface area contributed by atoms with Crippen molar-refractivity contribution in [2.24, 2.45) is 0 Å². The van der Waals surface area contributed by atoms with Gasteiger partial charge >= 0.3 is 5.97 Å². The number of nitrogens with zero attached hydrogens (tertiary/aromatic N) is 2. The zero-order valence-electron chi connectivity index (χ0n) is 9.56. The van der Waals surface area contributed by atoms with E-state index in [-0.39, 0.29) is 5.69 Å². The topological polar surface area (TPSA) is 55.1 Å². The van der Waals surface area contributed by atoms with Crippen LogP contribution < -0.4 is 0 Å². The maximum atomic E-state index is 11.2. The smallest absolute Gasteiger partial charge is 0.356 e. The molecular formula is C13H11ClN2O2. The van der Waals surface area contributed by atoms with E-state index in [0.717, 1.165) is 36.2 Å². The average Bonchev–Trinajstić information content (AvgIpc) is 2.88. The monoisotopic (exact) mass is 262 g/mol. The number of hydrogen-bond donors (Lipinski definition) is 1. The Morgan fingerprint density at radius 2 is 2.22 bits per heavy atom. The zero-order chi connectivity index (χ0) is 12.7. The highest BCUT2D eigenvalue weighted by atomic mass is 35.5. The molecule has 4 nitrogen and oxygen atoms in total. The Hall–Kier alpha value is -1.81. The third kappa shape index (κ3) is 1.69. The van der Waals surface area contributed by atoms with Crippen LogP contribution in [-0.2, 0) is 12.8 Å². The Kier molecular flexibility index (Phi) is 2.59. The van der Waals surface area contributed by atoms with Crippen LogP contribution in [0.5, 0.6) is 0 Å². The summed E-state index contributed by atoms with van der Waals surface area (Å²) in [5.74, 6) is -0.964. The molecule has 1 aromatic heterocycles. The lowest BCUT2D eigenvalue weighted by molar-refractivity contribution is 0.0689. The van der Waals surface area contributed by atoms with Crippen LogP contribution >= 0.6 is 11.6 Å². The number of aromatic nitrogens is 2. The summed E-state index contributed by atoms with van der Waals surface area (Å²) >= 11 is 5.96. The summed E-state index contributed by atoms with van der Waals surface area (Å²) in [5, 5.41) is 14.0. The molecule has 0 saturated heterocycles. The molecule has 0 radical (unpaired) electrons. The van der Waals surface area contributed by atoms with Gasteiger partial charge in [-0.2, -0.15) is 5.10 Å². The lowest BCUT2D eigenvalue weighted by Crippen LogP contribution is -2.04.